The summed E-state index contributed by atoms with van der Waals surface area (Å²) < 4.78 is 27.3. The van der Waals surface area contributed by atoms with Gasteiger partial charge in [0.1, 0.15) is 0 Å². The van der Waals surface area contributed by atoms with Gasteiger partial charge in [0.05, 0.1) is 11.5 Å². The van der Waals surface area contributed by atoms with Crippen molar-refractivity contribution in [1.29, 1.82) is 0 Å². The molecule has 7 heteroatoms. The lowest BCUT2D eigenvalue weighted by Gasteiger charge is -2.25. The molecule has 0 aliphatic carbocycles. The average molecular weight is 346 g/mol. The molecule has 0 atom stereocenters. The van der Waals surface area contributed by atoms with Crippen molar-refractivity contribution >= 4 is 32.7 Å². The lowest BCUT2D eigenvalue weighted by Crippen LogP contribution is -2.36. The van der Waals surface area contributed by atoms with Crippen molar-refractivity contribution in [2.24, 2.45) is 0 Å². The summed E-state index contributed by atoms with van der Waals surface area (Å²) >= 11 is 2.88. The number of sulfonamides is 1. The molecule has 21 heavy (non-hydrogen) atoms. The molecule has 2 rings (SSSR count). The van der Waals surface area contributed by atoms with Crippen molar-refractivity contribution < 1.29 is 13.5 Å². The number of rotatable bonds is 6. The van der Waals surface area contributed by atoms with Gasteiger partial charge in [0.2, 0.25) is 10.0 Å². The fraction of sp³-hybridized carbons (Fsp3) is 0.429. The van der Waals surface area contributed by atoms with Gasteiger partial charge in [-0.25, -0.2) is 8.42 Å². The smallest absolute Gasteiger partial charge is 0.244 e. The Balaban J connectivity index is 2.39. The molecule has 0 spiro atoms. The zero-order valence-electron chi connectivity index (χ0n) is 12.2. The number of hydrogen-bond acceptors (Lipinski definition) is 5. The van der Waals surface area contributed by atoms with Gasteiger partial charge in [0, 0.05) is 27.2 Å². The number of aryl methyl sites for hydroxylation is 1. The van der Waals surface area contributed by atoms with E-state index in [4.69, 9.17) is 0 Å². The third-order valence-electron chi connectivity index (χ3n) is 3.13. The zero-order chi connectivity index (χ0) is 15.6. The molecule has 4 nitrogen and oxygen atoms in total. The summed E-state index contributed by atoms with van der Waals surface area (Å²) in [5.74, 6) is 0. The molecule has 1 N–H and O–H groups in total. The maximum absolute atomic E-state index is 12.9. The van der Waals surface area contributed by atoms with E-state index < -0.39 is 10.0 Å². The van der Waals surface area contributed by atoms with E-state index in [0.29, 0.717) is 16.3 Å². The maximum atomic E-state index is 12.9. The molecule has 0 aliphatic rings. The minimum Gasteiger partial charge on any atom is -0.391 e. The number of hydrogen-bond donors (Lipinski definition) is 1. The second-order valence-electron chi connectivity index (χ2n) is 5.01. The van der Waals surface area contributed by atoms with Crippen molar-refractivity contribution in [1.82, 2.24) is 4.31 Å². The molecule has 2 aromatic rings. The molecule has 0 radical (unpaired) electrons. The van der Waals surface area contributed by atoms with Gasteiger partial charge in [0.25, 0.3) is 0 Å². The minimum atomic E-state index is -3.56. The highest BCUT2D eigenvalue weighted by Gasteiger charge is 2.30. The number of aliphatic hydroxyl groups is 1. The minimum absolute atomic E-state index is 0.131. The highest BCUT2D eigenvalue weighted by atomic mass is 32.2. The van der Waals surface area contributed by atoms with Crippen molar-refractivity contribution in [3.05, 3.63) is 38.2 Å². The molecular formula is C14H19NO3S3. The summed E-state index contributed by atoms with van der Waals surface area (Å²) in [6.07, 6.45) is 0. The van der Waals surface area contributed by atoms with Gasteiger partial charge in [-0.2, -0.15) is 4.31 Å². The molecule has 2 heterocycles. The molecule has 0 fully saturated rings. The first-order valence-electron chi connectivity index (χ1n) is 6.60. The first-order chi connectivity index (χ1) is 9.86. The van der Waals surface area contributed by atoms with Crippen LogP contribution in [0.4, 0.5) is 0 Å². The van der Waals surface area contributed by atoms with Gasteiger partial charge in [-0.05, 0) is 38.3 Å². The Labute approximate surface area is 133 Å². The molecule has 2 aromatic heterocycles. The summed E-state index contributed by atoms with van der Waals surface area (Å²) in [7, 11) is -3.56. The van der Waals surface area contributed by atoms with Gasteiger partial charge in [-0.3, -0.25) is 0 Å². The topological polar surface area (TPSA) is 57.6 Å². The molecule has 0 bridgehead atoms. The van der Waals surface area contributed by atoms with E-state index in [-0.39, 0.29) is 12.6 Å². The van der Waals surface area contributed by atoms with E-state index in [0.717, 1.165) is 9.75 Å². The number of thiophene rings is 2. The van der Waals surface area contributed by atoms with Crippen molar-refractivity contribution in [3.8, 4) is 0 Å². The first kappa shape index (κ1) is 16.6. The van der Waals surface area contributed by atoms with Gasteiger partial charge >= 0.3 is 0 Å². The summed E-state index contributed by atoms with van der Waals surface area (Å²) in [4.78, 5) is 2.71. The van der Waals surface area contributed by atoms with E-state index in [9.17, 15) is 13.5 Å². The monoisotopic (exact) mass is 345 g/mol. The Bertz CT molecular complexity index is 687. The largest absolute Gasteiger partial charge is 0.391 e. The highest BCUT2D eigenvalue weighted by Crippen LogP contribution is 2.30. The summed E-state index contributed by atoms with van der Waals surface area (Å²) in [6, 6.07) is 5.31. The summed E-state index contributed by atoms with van der Waals surface area (Å²) in [5, 5.41) is 11.1. The van der Waals surface area contributed by atoms with Gasteiger partial charge < -0.3 is 5.11 Å². The maximum Gasteiger partial charge on any atom is 0.244 e. The molecular weight excluding hydrogens is 326 g/mol. The van der Waals surface area contributed by atoms with Crippen LogP contribution in [-0.4, -0.2) is 23.9 Å². The fourth-order valence-electron chi connectivity index (χ4n) is 2.09. The Morgan fingerprint density at radius 3 is 2.52 bits per heavy atom. The van der Waals surface area contributed by atoms with Crippen LogP contribution in [0.15, 0.2) is 28.5 Å². The van der Waals surface area contributed by atoms with Crippen LogP contribution < -0.4 is 0 Å². The van der Waals surface area contributed by atoms with Crippen LogP contribution in [0.25, 0.3) is 0 Å². The Morgan fingerprint density at radius 1 is 1.33 bits per heavy atom. The predicted octanol–water partition coefficient (Wildman–Crippen LogP) is 3.21. The van der Waals surface area contributed by atoms with Crippen LogP contribution in [-0.2, 0) is 23.2 Å². The first-order valence-corrected chi connectivity index (χ1v) is 9.74. The molecule has 0 unspecified atom stereocenters. The number of nitrogens with zero attached hydrogens (tertiary/aromatic N) is 1. The van der Waals surface area contributed by atoms with Gasteiger partial charge in [0.15, 0.2) is 0 Å². The van der Waals surface area contributed by atoms with Gasteiger partial charge in [-0.1, -0.05) is 6.07 Å². The second-order valence-corrected chi connectivity index (χ2v) is 9.25. The van der Waals surface area contributed by atoms with Crippen LogP contribution in [0.1, 0.15) is 28.5 Å². The number of aliphatic hydroxyl groups excluding tert-OH is 1. The van der Waals surface area contributed by atoms with Crippen LogP contribution in [0, 0.1) is 6.92 Å². The highest BCUT2D eigenvalue weighted by molar-refractivity contribution is 7.89. The van der Waals surface area contributed by atoms with E-state index >= 15 is 0 Å². The lowest BCUT2D eigenvalue weighted by atomic mass is 10.4. The average Bonchev–Trinajstić information content (AvgIpc) is 3.04. The van der Waals surface area contributed by atoms with Gasteiger partial charge in [-0.15, -0.1) is 22.7 Å². The van der Waals surface area contributed by atoms with Crippen LogP contribution in [0.2, 0.25) is 0 Å². The molecule has 0 amide bonds. The third kappa shape index (κ3) is 3.54. The SMILES string of the molecule is Cc1sc(CO)cc1S(=O)(=O)N(Cc1cccs1)C(C)C. The normalized spacial score (nSPS) is 12.5. The molecule has 0 saturated carbocycles. The third-order valence-corrected chi connectivity index (χ3v) is 7.31. The van der Waals surface area contributed by atoms with Crippen LogP contribution in [0.5, 0.6) is 0 Å². The van der Waals surface area contributed by atoms with E-state index in [1.54, 1.807) is 24.3 Å². The Kier molecular flexibility index (Phi) is 5.21. The van der Waals surface area contributed by atoms with E-state index in [2.05, 4.69) is 0 Å². The Hall–Kier alpha value is -0.730. The molecule has 0 aliphatic heterocycles. The standard InChI is InChI=1S/C14H19NO3S3/c1-10(2)15(8-12-5-4-6-19-12)21(17,18)14-7-13(9-16)20-11(14)3/h4-7,10,16H,8-9H2,1-3H3. The molecule has 0 saturated heterocycles. The molecule has 116 valence electrons. The van der Waals surface area contributed by atoms with E-state index in [1.807, 2.05) is 31.4 Å². The van der Waals surface area contributed by atoms with Crippen molar-refractivity contribution in [2.75, 3.05) is 0 Å². The van der Waals surface area contributed by atoms with Crippen molar-refractivity contribution in [3.63, 3.8) is 0 Å². The second kappa shape index (κ2) is 6.58. The summed E-state index contributed by atoms with van der Waals surface area (Å²) in [5.41, 5.74) is 0. The van der Waals surface area contributed by atoms with Crippen LogP contribution in [0.3, 0.4) is 0 Å². The quantitative estimate of drug-likeness (QED) is 0.874. The van der Waals surface area contributed by atoms with Crippen molar-refractivity contribution in [2.45, 2.75) is 44.9 Å². The predicted molar refractivity (Wildman–Crippen MR) is 87.2 cm³/mol. The fourth-order valence-corrected chi connectivity index (χ4v) is 5.95. The van der Waals surface area contributed by atoms with Crippen LogP contribution >= 0.6 is 22.7 Å². The lowest BCUT2D eigenvalue weighted by molar-refractivity contribution is 0.285. The van der Waals surface area contributed by atoms with E-state index in [1.165, 1.54) is 15.6 Å². The Morgan fingerprint density at radius 2 is 2.05 bits per heavy atom. The summed E-state index contributed by atoms with van der Waals surface area (Å²) in [6.45, 7) is 5.77. The molecule has 0 aromatic carbocycles. The zero-order valence-corrected chi connectivity index (χ0v) is 14.7.